The highest BCUT2D eigenvalue weighted by Gasteiger charge is 2.80. The van der Waals surface area contributed by atoms with E-state index in [4.69, 9.17) is 21.2 Å². The van der Waals surface area contributed by atoms with Crippen molar-refractivity contribution < 1.29 is 65.1 Å². The van der Waals surface area contributed by atoms with Gasteiger partial charge in [0, 0.05) is 90.1 Å². The van der Waals surface area contributed by atoms with Gasteiger partial charge in [-0.2, -0.15) is 0 Å². The van der Waals surface area contributed by atoms with Crippen molar-refractivity contribution in [2.75, 3.05) is 24.7 Å². The minimum atomic E-state index is -2.14. The fraction of sp³-hybridized carbons (Fsp3) is 0.714. The van der Waals surface area contributed by atoms with Crippen LogP contribution in [0.25, 0.3) is 0 Å². The molecule has 18 nitrogen and oxygen atoms in total. The summed E-state index contributed by atoms with van der Waals surface area (Å²) in [7, 11) is 2.96. The zero-order valence-corrected chi connectivity index (χ0v) is 54.0. The van der Waals surface area contributed by atoms with E-state index < -0.39 is 147 Å². The number of allylic oxidation sites excluding steroid dienone is 3. The summed E-state index contributed by atoms with van der Waals surface area (Å²) in [5, 5.41) is 118. The molecule has 490 valence electrons. The van der Waals surface area contributed by atoms with E-state index in [0.29, 0.717) is 55.8 Å². The van der Waals surface area contributed by atoms with Crippen LogP contribution in [0.5, 0.6) is 5.75 Å². The molecule has 9 aliphatic carbocycles. The standard InChI is InChI=1S/C70H95N5O13S2/c1-5-52-53(54(63(84)88-52)41-19-22-73-30-41)38-7-6-8-40-27-70(87)57-55(65(3)29-51(79)59(80)46-34-90-89-33-42(36-12-16-44(77)17-13-36)24-50(78)49(32-76)75-58(57)60(81)56(46)65)39-11-15-43(31-74-64(71)72)69(70,26-39)61(40)66(4,85)68(86)21-20-67(25-38)47(45(28-68)62(82)83)18-14-37-10-9-35(2)23-48(37)67/h12-14,16-17,19,22,30,35,38-40,42-43,45-49,51-56,59,61-62,73,75-77,79-80,82-83,85-87H,5,8-11,15,18,20-21,23-29,31-34H2,1-4H3,(H4,71,72,74)/t35-,38-,39-,40+,42-,43-,45+,46-,47-,48-,49+,51-,52+,53+,54-,55-,56-,59+,61+,65+,66+,67-,68+,69-,70+/m0/s1. The Morgan fingerprint density at radius 1 is 0.922 bits per heavy atom. The van der Waals surface area contributed by atoms with Gasteiger partial charge in [-0.3, -0.25) is 19.4 Å². The lowest BCUT2D eigenvalue weighted by Gasteiger charge is -2.69. The van der Waals surface area contributed by atoms with Gasteiger partial charge in [0.15, 0.2) is 23.8 Å². The van der Waals surface area contributed by atoms with E-state index in [9.17, 15) is 45.6 Å². The molecular weight excluding hydrogens is 1180 g/mol. The van der Waals surface area contributed by atoms with Crippen LogP contribution < -0.4 is 16.8 Å². The number of hydrogen-bond donors (Lipinski definition) is 13. The number of ether oxygens (including phenoxy) is 1. The molecule has 1 aromatic heterocycles. The van der Waals surface area contributed by atoms with Crippen molar-refractivity contribution in [1.29, 1.82) is 0 Å². The SMILES string of the molecule is CC[C@H]1OC(=O)[C@@H](c2cc[nH]c2)[C@@H]1[C@H]1C#CC[C@@H]2C[C@@]3(O)C4=C5N[C@H](CO)C(=O)C[C@H](c6ccc(O)cc6)CSSC[C@@H]6[C@@H](O)[C@@H](O)C[C@](C)([C@H]4[C@H]4CC[C@@H](CN=C(N)N)[C@@]3(C4)[C@H]2[C@@](C)(O)[C@@]2(O)CC[C@@]3(C1)[C@H]1C[C@@H](C)CCC1=CC[C@H]3[C@H](C(O)O)C2)[C@@H]6C5=O. The molecule has 2 spiro atoms. The molecule has 90 heavy (non-hydrogen) atoms. The molecule has 25 atom stereocenters. The maximum Gasteiger partial charge on any atom is 0.314 e. The zero-order valence-electron chi connectivity index (χ0n) is 52.4. The average molecular weight is 1280 g/mol. The number of benzene rings is 1. The van der Waals surface area contributed by atoms with Gasteiger partial charge >= 0.3 is 5.97 Å². The van der Waals surface area contributed by atoms with Gasteiger partial charge in [0.25, 0.3) is 0 Å². The smallest absolute Gasteiger partial charge is 0.314 e. The highest BCUT2D eigenvalue weighted by atomic mass is 33.1. The first kappa shape index (κ1) is 64.3. The number of cyclic esters (lactones) is 1. The highest BCUT2D eigenvalue weighted by molar-refractivity contribution is 8.76. The molecule has 2 aliphatic heterocycles. The van der Waals surface area contributed by atoms with Gasteiger partial charge in [-0.1, -0.05) is 72.1 Å². The Hall–Kier alpha value is -4.40. The minimum Gasteiger partial charge on any atom is -0.508 e. The van der Waals surface area contributed by atoms with Crippen molar-refractivity contribution >= 4 is 45.1 Å². The number of aliphatic hydroxyl groups excluding tert-OH is 4. The Kier molecular flexibility index (Phi) is 17.0. The lowest BCUT2D eigenvalue weighted by atomic mass is 9.37. The molecule has 15 N–H and O–H groups in total. The minimum absolute atomic E-state index is 0.00178. The summed E-state index contributed by atoms with van der Waals surface area (Å²) < 4.78 is 6.37. The van der Waals surface area contributed by atoms with E-state index >= 15 is 14.7 Å². The summed E-state index contributed by atoms with van der Waals surface area (Å²) in [6.45, 7) is 7.26. The molecule has 20 heteroatoms. The number of phenols is 1. The van der Waals surface area contributed by atoms with Crippen LogP contribution in [-0.2, 0) is 19.1 Å². The number of nitrogens with two attached hydrogens (primary N) is 2. The van der Waals surface area contributed by atoms with Crippen molar-refractivity contribution in [1.82, 2.24) is 10.3 Å². The second-order valence-electron chi connectivity index (χ2n) is 30.5. The van der Waals surface area contributed by atoms with Gasteiger partial charge in [-0.05, 0) is 184 Å². The van der Waals surface area contributed by atoms with Crippen LogP contribution in [0.1, 0.15) is 153 Å². The molecule has 8 fully saturated rings. The number of aliphatic hydroxyl groups is 8. The van der Waals surface area contributed by atoms with Crippen molar-refractivity contribution in [3.05, 3.63) is 76.8 Å². The Morgan fingerprint density at radius 2 is 1.69 bits per heavy atom. The summed E-state index contributed by atoms with van der Waals surface area (Å²) in [4.78, 5) is 54.0. The predicted octanol–water partition coefficient (Wildman–Crippen LogP) is 6.09. The molecule has 13 rings (SSSR count). The number of rotatable bonds is 8. The molecule has 6 bridgehead atoms. The number of esters is 1. The number of ketones is 2. The fourth-order valence-electron chi connectivity index (χ4n) is 22.6. The summed E-state index contributed by atoms with van der Waals surface area (Å²) in [5.41, 5.74) is 6.16. The van der Waals surface area contributed by atoms with Crippen LogP contribution in [0.15, 0.2) is 70.6 Å². The normalized spacial score (nSPS) is 46.6. The summed E-state index contributed by atoms with van der Waals surface area (Å²) in [6, 6.07) is 7.22. The quantitative estimate of drug-likeness (QED) is 0.0270. The van der Waals surface area contributed by atoms with Crippen LogP contribution in [0.3, 0.4) is 0 Å². The number of hydrogen-bond acceptors (Lipinski definition) is 17. The maximum absolute atomic E-state index is 16.6. The van der Waals surface area contributed by atoms with Gasteiger partial charge in [0.1, 0.15) is 17.9 Å². The first-order chi connectivity index (χ1) is 42.9. The number of nitrogens with zero attached hydrogens (tertiary/aromatic N) is 1. The van der Waals surface area contributed by atoms with Crippen molar-refractivity contribution in [2.24, 2.45) is 110 Å². The number of guanidine groups is 1. The van der Waals surface area contributed by atoms with Crippen molar-refractivity contribution in [2.45, 2.75) is 190 Å². The van der Waals surface area contributed by atoms with Crippen LogP contribution in [0.4, 0.5) is 0 Å². The third kappa shape index (κ3) is 9.94. The number of carbonyl (C=O) groups excluding carboxylic acids is 3. The first-order valence-electron chi connectivity index (χ1n) is 33.5. The number of aromatic hydroxyl groups is 1. The number of H-pyrrole nitrogens is 1. The predicted molar refractivity (Wildman–Crippen MR) is 341 cm³/mol. The molecule has 11 aliphatic rings. The number of aromatic amines is 1. The molecule has 2 aromatic rings. The van der Waals surface area contributed by atoms with E-state index in [1.807, 2.05) is 26.1 Å². The van der Waals surface area contributed by atoms with Gasteiger partial charge < -0.3 is 72.5 Å². The summed E-state index contributed by atoms with van der Waals surface area (Å²) in [5.74, 6) is -1.14. The van der Waals surface area contributed by atoms with Gasteiger partial charge in [0.2, 0.25) is 0 Å². The third-order valence-corrected chi connectivity index (χ3v) is 28.8. The van der Waals surface area contributed by atoms with E-state index in [0.717, 1.165) is 30.4 Å². The van der Waals surface area contributed by atoms with E-state index in [2.05, 4.69) is 35.1 Å². The number of fused-ring (bicyclic) bond motifs is 10. The summed E-state index contributed by atoms with van der Waals surface area (Å²) in [6.07, 6.45) is 6.63. The van der Waals surface area contributed by atoms with Crippen LogP contribution >= 0.6 is 21.6 Å². The monoisotopic (exact) mass is 1280 g/mol. The van der Waals surface area contributed by atoms with Gasteiger partial charge in [-0.25, -0.2) is 0 Å². The maximum atomic E-state index is 16.6. The molecule has 3 heterocycles. The number of Topliss-reactive ketones (excluding diaryl/α,β-unsaturated/α-hetero) is 2. The molecule has 0 unspecified atom stereocenters. The molecule has 6 saturated carbocycles. The van der Waals surface area contributed by atoms with Gasteiger partial charge in [0.05, 0.1) is 47.2 Å². The number of nitrogens with one attached hydrogen (secondary N) is 2. The second kappa shape index (κ2) is 23.8. The van der Waals surface area contributed by atoms with Gasteiger partial charge in [-0.15, -0.1) is 5.92 Å². The first-order valence-corrected chi connectivity index (χ1v) is 36.0. The molecule has 2 saturated heterocycles. The average Bonchev–Trinajstić information content (AvgIpc) is 1.41. The number of aliphatic imine (C=N–C) groups is 1. The molecular formula is C70H95N5O13S2. The number of carbonyl (C=O) groups is 3. The lowest BCUT2D eigenvalue weighted by Crippen LogP contribution is -2.72. The lowest BCUT2D eigenvalue weighted by molar-refractivity contribution is -0.256. The second-order valence-corrected chi connectivity index (χ2v) is 33.0. The van der Waals surface area contributed by atoms with E-state index in [-0.39, 0.29) is 98.2 Å². The van der Waals surface area contributed by atoms with Crippen LogP contribution in [-0.4, -0.2) is 147 Å². The molecule has 0 amide bonds. The highest BCUT2D eigenvalue weighted by Crippen LogP contribution is 2.78. The topological polar surface area (TPSA) is 335 Å². The van der Waals surface area contributed by atoms with Crippen LogP contribution in [0.2, 0.25) is 0 Å². The molecule has 1 aromatic carbocycles. The fourth-order valence-corrected chi connectivity index (χ4v) is 25.3. The van der Waals surface area contributed by atoms with E-state index in [1.54, 1.807) is 37.4 Å². The van der Waals surface area contributed by atoms with E-state index in [1.165, 1.54) is 27.2 Å². The van der Waals surface area contributed by atoms with Crippen molar-refractivity contribution in [3.63, 3.8) is 0 Å². The third-order valence-electron chi connectivity index (χ3n) is 26.3. The molecule has 0 radical (unpaired) electrons. The van der Waals surface area contributed by atoms with Crippen molar-refractivity contribution in [3.8, 4) is 17.6 Å². The Balaban J connectivity index is 1.04. The Morgan fingerprint density at radius 3 is 2.40 bits per heavy atom. The zero-order chi connectivity index (χ0) is 63.8. The largest absolute Gasteiger partial charge is 0.508 e. The van der Waals surface area contributed by atoms with Crippen LogP contribution in [0, 0.1) is 105 Å². The summed E-state index contributed by atoms with van der Waals surface area (Å²) >= 11 is 0. The number of aromatic nitrogens is 1. The Labute approximate surface area is 536 Å². The Bertz CT molecular complexity index is 3250. The number of phenolic OH excluding ortho intramolecular Hbond substituents is 1.